The molecule has 1 aliphatic rings. The Bertz CT molecular complexity index is 414. The highest BCUT2D eigenvalue weighted by atomic mass is 16.3. The maximum absolute atomic E-state index is 10.8. The lowest BCUT2D eigenvalue weighted by Gasteiger charge is -2.42. The van der Waals surface area contributed by atoms with Crippen molar-refractivity contribution >= 4 is 0 Å². The van der Waals surface area contributed by atoms with Crippen LogP contribution in [0.5, 0.6) is 0 Å². The summed E-state index contributed by atoms with van der Waals surface area (Å²) in [7, 11) is 2.00. The van der Waals surface area contributed by atoms with E-state index in [-0.39, 0.29) is 0 Å². The summed E-state index contributed by atoms with van der Waals surface area (Å²) in [6.07, 6.45) is 9.77. The summed E-state index contributed by atoms with van der Waals surface area (Å²) in [5.74, 6) is 1.75. The van der Waals surface area contributed by atoms with Gasteiger partial charge < -0.3 is 9.67 Å². The van der Waals surface area contributed by atoms with Crippen LogP contribution in [0.15, 0.2) is 12.4 Å². The van der Waals surface area contributed by atoms with Gasteiger partial charge in [-0.25, -0.2) is 4.98 Å². The third-order valence-electron chi connectivity index (χ3n) is 5.34. The Morgan fingerprint density at radius 2 is 2.05 bits per heavy atom. The zero-order valence-electron chi connectivity index (χ0n) is 12.8. The molecular weight excluding hydrogens is 236 g/mol. The first-order valence-electron chi connectivity index (χ1n) is 7.55. The van der Waals surface area contributed by atoms with Crippen LogP contribution in [0.4, 0.5) is 0 Å². The maximum Gasteiger partial charge on any atom is 0.111 e. The van der Waals surface area contributed by atoms with Crippen LogP contribution in [0.2, 0.25) is 0 Å². The molecular formula is C16H28N2O. The number of hydrogen-bond acceptors (Lipinski definition) is 2. The molecule has 1 heterocycles. The molecule has 1 saturated carbocycles. The van der Waals surface area contributed by atoms with Crippen molar-refractivity contribution in [3.8, 4) is 0 Å². The Morgan fingerprint density at radius 3 is 2.53 bits per heavy atom. The highest BCUT2D eigenvalue weighted by Gasteiger charge is 2.38. The van der Waals surface area contributed by atoms with E-state index >= 15 is 0 Å². The minimum Gasteiger partial charge on any atom is -0.389 e. The standard InChI is InChI=1S/C16H28N2O/c1-5-15(2,3)13-6-8-16(19,9-7-13)12-14-17-10-11-18(14)4/h10-11,13,19H,5-9,12H2,1-4H3. The first-order chi connectivity index (χ1) is 8.86. The molecule has 0 radical (unpaired) electrons. The molecule has 19 heavy (non-hydrogen) atoms. The SMILES string of the molecule is CCC(C)(C)C1CCC(O)(Cc2nccn2C)CC1. The number of aromatic nitrogens is 2. The first-order valence-corrected chi connectivity index (χ1v) is 7.55. The summed E-state index contributed by atoms with van der Waals surface area (Å²) < 4.78 is 2.01. The molecule has 108 valence electrons. The van der Waals surface area contributed by atoms with E-state index in [1.807, 2.05) is 24.0 Å². The summed E-state index contributed by atoms with van der Waals surface area (Å²) >= 11 is 0. The molecule has 1 fully saturated rings. The molecule has 0 amide bonds. The average Bonchev–Trinajstić information content (AvgIpc) is 2.75. The Balaban J connectivity index is 1.97. The van der Waals surface area contributed by atoms with Gasteiger partial charge in [0.05, 0.1) is 5.60 Å². The van der Waals surface area contributed by atoms with Gasteiger partial charge in [0, 0.05) is 25.9 Å². The molecule has 3 nitrogen and oxygen atoms in total. The van der Waals surface area contributed by atoms with Gasteiger partial charge in [-0.15, -0.1) is 0 Å². The van der Waals surface area contributed by atoms with E-state index in [0.29, 0.717) is 11.8 Å². The molecule has 0 aliphatic heterocycles. The predicted molar refractivity (Wildman–Crippen MR) is 77.9 cm³/mol. The number of nitrogens with zero attached hydrogens (tertiary/aromatic N) is 2. The van der Waals surface area contributed by atoms with Gasteiger partial charge in [-0.05, 0) is 37.0 Å². The van der Waals surface area contributed by atoms with E-state index in [1.54, 1.807) is 0 Å². The van der Waals surface area contributed by atoms with Gasteiger partial charge in [-0.1, -0.05) is 27.2 Å². The minimum absolute atomic E-state index is 0.407. The fourth-order valence-corrected chi connectivity index (χ4v) is 3.26. The van der Waals surface area contributed by atoms with Crippen LogP contribution in [-0.2, 0) is 13.5 Å². The summed E-state index contributed by atoms with van der Waals surface area (Å²) in [5, 5.41) is 10.8. The highest BCUT2D eigenvalue weighted by Crippen LogP contribution is 2.44. The summed E-state index contributed by atoms with van der Waals surface area (Å²) in [4.78, 5) is 4.34. The molecule has 2 rings (SSSR count). The zero-order valence-corrected chi connectivity index (χ0v) is 12.8. The van der Waals surface area contributed by atoms with Gasteiger partial charge in [0.15, 0.2) is 0 Å². The Kier molecular flexibility index (Phi) is 4.05. The Morgan fingerprint density at radius 1 is 1.42 bits per heavy atom. The molecule has 0 saturated heterocycles. The predicted octanol–water partition coefficient (Wildman–Crippen LogP) is 3.32. The third-order valence-corrected chi connectivity index (χ3v) is 5.34. The van der Waals surface area contributed by atoms with Crippen molar-refractivity contribution in [1.29, 1.82) is 0 Å². The lowest BCUT2D eigenvalue weighted by atomic mass is 9.66. The van der Waals surface area contributed by atoms with Gasteiger partial charge >= 0.3 is 0 Å². The molecule has 0 unspecified atom stereocenters. The number of hydrogen-bond donors (Lipinski definition) is 1. The fourth-order valence-electron chi connectivity index (χ4n) is 3.26. The van der Waals surface area contributed by atoms with Crippen LogP contribution < -0.4 is 0 Å². The zero-order chi connectivity index (χ0) is 14.1. The fraction of sp³-hybridized carbons (Fsp3) is 0.812. The second-order valence-corrected chi connectivity index (χ2v) is 6.97. The molecule has 1 aromatic rings. The Labute approximate surface area is 117 Å². The summed E-state index contributed by atoms with van der Waals surface area (Å²) in [5.41, 5.74) is -0.135. The van der Waals surface area contributed by atoms with E-state index in [0.717, 1.165) is 37.4 Å². The third kappa shape index (κ3) is 3.19. The van der Waals surface area contributed by atoms with Crippen LogP contribution in [0.25, 0.3) is 0 Å². The van der Waals surface area contributed by atoms with Crippen molar-refractivity contribution in [2.24, 2.45) is 18.4 Å². The van der Waals surface area contributed by atoms with Gasteiger partial charge in [0.2, 0.25) is 0 Å². The molecule has 0 aromatic carbocycles. The van der Waals surface area contributed by atoms with Crippen molar-refractivity contribution in [2.45, 2.75) is 64.9 Å². The summed E-state index contributed by atoms with van der Waals surface area (Å²) in [6, 6.07) is 0. The van der Waals surface area contributed by atoms with Gasteiger partial charge in [-0.3, -0.25) is 0 Å². The van der Waals surface area contributed by atoms with Crippen LogP contribution in [-0.4, -0.2) is 20.3 Å². The van der Waals surface area contributed by atoms with Crippen LogP contribution in [0.1, 0.15) is 58.7 Å². The number of aryl methyl sites for hydroxylation is 1. The van der Waals surface area contributed by atoms with Gasteiger partial charge in [-0.2, -0.15) is 0 Å². The lowest BCUT2D eigenvalue weighted by Crippen LogP contribution is -2.40. The number of rotatable bonds is 4. The minimum atomic E-state index is -0.542. The highest BCUT2D eigenvalue weighted by molar-refractivity contribution is 5.00. The first kappa shape index (κ1) is 14.6. The number of imidazole rings is 1. The van der Waals surface area contributed by atoms with Crippen LogP contribution >= 0.6 is 0 Å². The molecule has 0 atom stereocenters. The molecule has 3 heteroatoms. The van der Waals surface area contributed by atoms with Crippen LogP contribution in [0.3, 0.4) is 0 Å². The maximum atomic E-state index is 10.8. The molecule has 1 aromatic heterocycles. The van der Waals surface area contributed by atoms with Crippen LogP contribution in [0, 0.1) is 11.3 Å². The monoisotopic (exact) mass is 264 g/mol. The molecule has 0 bridgehead atoms. The number of aliphatic hydroxyl groups is 1. The largest absolute Gasteiger partial charge is 0.389 e. The smallest absolute Gasteiger partial charge is 0.111 e. The van der Waals surface area contributed by atoms with E-state index < -0.39 is 5.60 Å². The quantitative estimate of drug-likeness (QED) is 0.906. The van der Waals surface area contributed by atoms with E-state index in [9.17, 15) is 5.11 Å². The van der Waals surface area contributed by atoms with Crippen molar-refractivity contribution in [1.82, 2.24) is 9.55 Å². The average molecular weight is 264 g/mol. The van der Waals surface area contributed by atoms with E-state index in [4.69, 9.17) is 0 Å². The van der Waals surface area contributed by atoms with E-state index in [2.05, 4.69) is 25.8 Å². The van der Waals surface area contributed by atoms with Crippen molar-refractivity contribution in [2.75, 3.05) is 0 Å². The van der Waals surface area contributed by atoms with E-state index in [1.165, 1.54) is 6.42 Å². The molecule has 1 N–H and O–H groups in total. The van der Waals surface area contributed by atoms with Gasteiger partial charge in [0.1, 0.15) is 5.82 Å². The molecule has 0 spiro atoms. The second-order valence-electron chi connectivity index (χ2n) is 6.97. The topological polar surface area (TPSA) is 38.1 Å². The summed E-state index contributed by atoms with van der Waals surface area (Å²) in [6.45, 7) is 7.00. The second kappa shape index (κ2) is 5.28. The Hall–Kier alpha value is -0.830. The van der Waals surface area contributed by atoms with Gasteiger partial charge in [0.25, 0.3) is 0 Å². The lowest BCUT2D eigenvalue weighted by molar-refractivity contribution is -0.0293. The normalized spacial score (nSPS) is 28.6. The van der Waals surface area contributed by atoms with Crippen molar-refractivity contribution < 1.29 is 5.11 Å². The molecule has 1 aliphatic carbocycles. The van der Waals surface area contributed by atoms with Crippen molar-refractivity contribution in [3.05, 3.63) is 18.2 Å². The van der Waals surface area contributed by atoms with Crippen molar-refractivity contribution in [3.63, 3.8) is 0 Å².